The number of nitrogens with zero attached hydrogens (tertiary/aromatic N) is 2. The van der Waals surface area contributed by atoms with E-state index in [9.17, 15) is 0 Å². The Kier molecular flexibility index (Phi) is 20.4. The largest absolute Gasteiger partial charge is 1.00 e. The fourth-order valence-electron chi connectivity index (χ4n) is 0.253. The predicted molar refractivity (Wildman–Crippen MR) is 35.5 cm³/mol. The monoisotopic (exact) mass is 201 g/mol. The Balaban J connectivity index is -0.000000124. The van der Waals surface area contributed by atoms with Gasteiger partial charge in [0.2, 0.25) is 0 Å². The molecule has 1 unspecified atom stereocenters. The fourth-order valence-corrected chi connectivity index (χ4v) is 0.253. The van der Waals surface area contributed by atoms with E-state index in [-0.39, 0.29) is 35.0 Å². The van der Waals surface area contributed by atoms with Crippen LogP contribution in [0.4, 0.5) is 0 Å². The molecule has 0 fully saturated rings. The number of rotatable bonds is 0. The van der Waals surface area contributed by atoms with Gasteiger partial charge in [0.25, 0.3) is 0 Å². The van der Waals surface area contributed by atoms with E-state index < -0.39 is 8.25 Å². The second kappa shape index (κ2) is 13.6. The Morgan fingerprint density at radius 1 is 1.17 bits per heavy atom. The van der Waals surface area contributed by atoms with Gasteiger partial charge in [-0.3, -0.25) is 9.97 Å². The first-order chi connectivity index (χ1) is 4.73. The van der Waals surface area contributed by atoms with Crippen molar-refractivity contribution in [2.24, 2.45) is 0 Å². The van der Waals surface area contributed by atoms with Crippen molar-refractivity contribution in [2.45, 2.75) is 0 Å². The Labute approximate surface area is 92.2 Å². The first kappa shape index (κ1) is 18.0. The van der Waals surface area contributed by atoms with Gasteiger partial charge < -0.3 is 10.4 Å². The summed E-state index contributed by atoms with van der Waals surface area (Å²) >= 11 is 0. The van der Waals surface area contributed by atoms with Crippen molar-refractivity contribution in [3.8, 4) is 0 Å². The van der Waals surface area contributed by atoms with Crippen LogP contribution in [0.5, 0.6) is 0 Å². The van der Waals surface area contributed by atoms with Crippen molar-refractivity contribution in [3.63, 3.8) is 0 Å². The summed E-state index contributed by atoms with van der Waals surface area (Å²) in [7, 11) is -3.12. The topological polar surface area (TPSA) is 118 Å². The summed E-state index contributed by atoms with van der Waals surface area (Å²) in [4.78, 5) is 23.0. The molecule has 0 spiro atoms. The van der Waals surface area contributed by atoms with Crippen molar-refractivity contribution in [2.75, 3.05) is 0 Å². The van der Waals surface area contributed by atoms with Crippen molar-refractivity contribution in [3.05, 3.63) is 24.8 Å². The van der Waals surface area contributed by atoms with Gasteiger partial charge in [-0.2, -0.15) is 4.89 Å². The van der Waals surface area contributed by atoms with Crippen molar-refractivity contribution in [1.29, 1.82) is 0 Å². The third-order valence-electron chi connectivity index (χ3n) is 0.478. The summed E-state index contributed by atoms with van der Waals surface area (Å²) in [6.45, 7) is 0. The minimum absolute atomic E-state index is 0. The van der Waals surface area contributed by atoms with Crippen molar-refractivity contribution < 1.29 is 49.4 Å². The maximum absolute atomic E-state index is 8.59. The molecule has 0 aromatic carbocycles. The normalized spacial score (nSPS) is 7.67. The molecule has 0 aliphatic carbocycles. The molecule has 0 aliphatic heterocycles. The molecule has 0 amide bonds. The van der Waals surface area contributed by atoms with Crippen LogP contribution in [-0.2, 0) is 4.57 Å². The number of hydrogen-bond acceptors (Lipinski definition) is 4. The molecule has 8 heteroatoms. The van der Waals surface area contributed by atoms with Gasteiger partial charge in [0.15, 0.2) is 0 Å². The zero-order valence-electron chi connectivity index (χ0n) is 6.41. The molecule has 1 rings (SSSR count). The Bertz CT molecular complexity index is 157. The Morgan fingerprint density at radius 2 is 1.33 bits per heavy atom. The maximum Gasteiger partial charge on any atom is 1.00 e. The van der Waals surface area contributed by atoms with Crippen molar-refractivity contribution in [1.82, 2.24) is 9.97 Å². The third-order valence-corrected chi connectivity index (χ3v) is 0.478. The summed E-state index contributed by atoms with van der Waals surface area (Å²) in [6, 6.07) is 0. The first-order valence-corrected chi connectivity index (χ1v) is 3.39. The minimum atomic E-state index is -3.12. The summed E-state index contributed by atoms with van der Waals surface area (Å²) in [5, 5.41) is 0. The van der Waals surface area contributed by atoms with E-state index in [1.165, 1.54) is 0 Å². The van der Waals surface area contributed by atoms with Gasteiger partial charge in [-0.05, 0) is 4.57 Å². The molecule has 0 bridgehead atoms. The molecule has 0 radical (unpaired) electrons. The van der Waals surface area contributed by atoms with Crippen molar-refractivity contribution >= 4 is 8.25 Å². The van der Waals surface area contributed by atoms with Gasteiger partial charge in [-0.15, -0.1) is 0 Å². The van der Waals surface area contributed by atoms with E-state index in [0.29, 0.717) is 0 Å². The van der Waals surface area contributed by atoms with Crippen LogP contribution < -0.4 is 34.5 Å². The molecule has 1 heterocycles. The summed E-state index contributed by atoms with van der Waals surface area (Å²) < 4.78 is 8.59. The second-order valence-electron chi connectivity index (χ2n) is 1.13. The molecule has 0 saturated heterocycles. The predicted octanol–water partition coefficient (Wildman–Crippen LogP) is -4.35. The molecule has 6 nitrogen and oxygen atoms in total. The molecule has 0 aliphatic rings. The van der Waals surface area contributed by atoms with Gasteiger partial charge in [0.05, 0.1) is 0 Å². The van der Waals surface area contributed by atoms with Gasteiger partial charge in [0.1, 0.15) is 0 Å². The number of hydrogen-bond donors (Lipinski definition) is 1. The average molecular weight is 201 g/mol. The van der Waals surface area contributed by atoms with Gasteiger partial charge in [0, 0.05) is 24.8 Å². The van der Waals surface area contributed by atoms with Gasteiger partial charge in [-0.25, -0.2) is 0 Å². The Hall–Kier alpha value is 0.0600. The standard InChI is InChI=1S/C4H4N2.Na.HO3P.H2O/c1-2-6-4-3-5-1;;1-4(2)3;/h1-4H;;(H,1,2,3);1H2/q;+1;;. The molecular formula is C4H7N2NaO4P+. The minimum Gasteiger partial charge on any atom is -0.567 e. The maximum atomic E-state index is 8.59. The van der Waals surface area contributed by atoms with Crippen LogP contribution in [0.15, 0.2) is 24.8 Å². The second-order valence-corrected chi connectivity index (χ2v) is 1.61. The molecule has 3 N–H and O–H groups in total. The van der Waals surface area contributed by atoms with Crippen LogP contribution in [0.1, 0.15) is 0 Å². The van der Waals surface area contributed by atoms with E-state index in [1.807, 2.05) is 0 Å². The van der Waals surface area contributed by atoms with E-state index in [2.05, 4.69) is 9.97 Å². The first-order valence-electron chi connectivity index (χ1n) is 2.26. The molecule has 1 atom stereocenters. The van der Waals surface area contributed by atoms with Crippen LogP contribution in [0.2, 0.25) is 0 Å². The smallest absolute Gasteiger partial charge is 0.567 e. The number of aromatic nitrogens is 2. The summed E-state index contributed by atoms with van der Waals surface area (Å²) in [6.07, 6.45) is 6.56. The molecular weight excluding hydrogens is 194 g/mol. The fraction of sp³-hybridized carbons (Fsp3) is 0. The van der Waals surface area contributed by atoms with Crippen LogP contribution in [0.25, 0.3) is 0 Å². The zero-order valence-corrected chi connectivity index (χ0v) is 9.31. The molecule has 12 heavy (non-hydrogen) atoms. The van der Waals surface area contributed by atoms with Crippen LogP contribution in [-0.4, -0.2) is 20.3 Å². The van der Waals surface area contributed by atoms with Crippen LogP contribution >= 0.6 is 8.25 Å². The van der Waals surface area contributed by atoms with E-state index in [0.717, 1.165) is 0 Å². The summed E-state index contributed by atoms with van der Waals surface area (Å²) in [5.41, 5.74) is 0. The van der Waals surface area contributed by atoms with E-state index >= 15 is 0 Å². The Morgan fingerprint density at radius 3 is 1.42 bits per heavy atom. The summed E-state index contributed by atoms with van der Waals surface area (Å²) in [5.74, 6) is 0. The van der Waals surface area contributed by atoms with Gasteiger partial charge in [-0.1, -0.05) is 0 Å². The average Bonchev–Trinajstić information content (AvgIpc) is 1.90. The van der Waals surface area contributed by atoms with Crippen LogP contribution in [0.3, 0.4) is 0 Å². The van der Waals surface area contributed by atoms with E-state index in [1.54, 1.807) is 24.8 Å². The van der Waals surface area contributed by atoms with Gasteiger partial charge >= 0.3 is 37.8 Å². The molecule has 62 valence electrons. The van der Waals surface area contributed by atoms with E-state index in [4.69, 9.17) is 14.4 Å². The molecule has 0 saturated carbocycles. The molecule has 1 aromatic heterocycles. The SMILES string of the molecule is O.O=[P+]([O-])O.[Na+].c1cnccn1. The zero-order chi connectivity index (χ0) is 7.82. The molecule has 1 aromatic rings. The third kappa shape index (κ3) is 22.5. The quantitative estimate of drug-likeness (QED) is 0.336. The van der Waals surface area contributed by atoms with Crippen LogP contribution in [0, 0.1) is 0 Å².